The molecule has 0 atom stereocenters. The second-order valence-electron chi connectivity index (χ2n) is 12.4. The molecule has 9 rings (SSSR count). The largest absolute Gasteiger partial charge is 0.264 e. The molecule has 0 N–H and O–H groups in total. The van der Waals surface area contributed by atoms with Crippen molar-refractivity contribution >= 4 is 43.1 Å². The summed E-state index contributed by atoms with van der Waals surface area (Å²) in [6, 6.07) is 57.7. The van der Waals surface area contributed by atoms with Gasteiger partial charge >= 0.3 is 0 Å². The molecule has 0 aliphatic rings. The van der Waals surface area contributed by atoms with Crippen molar-refractivity contribution in [1.29, 1.82) is 0 Å². The summed E-state index contributed by atoms with van der Waals surface area (Å²) in [6.07, 6.45) is 3.83. The van der Waals surface area contributed by atoms with E-state index in [1.165, 1.54) is 87.8 Å². The lowest BCUT2D eigenvalue weighted by molar-refractivity contribution is 1.36. The second kappa shape index (κ2) is 11.1. The van der Waals surface area contributed by atoms with Crippen molar-refractivity contribution < 1.29 is 0 Å². The molecular formula is C46H31N. The third-order valence-electron chi connectivity index (χ3n) is 9.76. The van der Waals surface area contributed by atoms with Gasteiger partial charge in [0, 0.05) is 17.8 Å². The van der Waals surface area contributed by atoms with E-state index in [9.17, 15) is 0 Å². The fourth-order valence-corrected chi connectivity index (χ4v) is 7.49. The first-order valence-electron chi connectivity index (χ1n) is 16.2. The van der Waals surface area contributed by atoms with Gasteiger partial charge in [0.1, 0.15) is 0 Å². The van der Waals surface area contributed by atoms with E-state index in [1.807, 2.05) is 12.4 Å². The molecule has 1 heteroatoms. The van der Waals surface area contributed by atoms with Crippen LogP contribution in [0.2, 0.25) is 0 Å². The van der Waals surface area contributed by atoms with Crippen LogP contribution in [0.15, 0.2) is 170 Å². The lowest BCUT2D eigenvalue weighted by atomic mass is 9.85. The van der Waals surface area contributed by atoms with Crippen LogP contribution in [0.4, 0.5) is 0 Å². The summed E-state index contributed by atoms with van der Waals surface area (Å²) in [5, 5.41) is 10.0. The van der Waals surface area contributed by atoms with Crippen molar-refractivity contribution in [3.63, 3.8) is 0 Å². The highest BCUT2D eigenvalue weighted by Gasteiger charge is 2.17. The number of aryl methyl sites for hydroxylation is 1. The average molecular weight is 598 g/mol. The summed E-state index contributed by atoms with van der Waals surface area (Å²) in [4.78, 5) is 4.36. The van der Waals surface area contributed by atoms with Crippen molar-refractivity contribution in [2.75, 3.05) is 0 Å². The van der Waals surface area contributed by atoms with E-state index in [0.29, 0.717) is 0 Å². The van der Waals surface area contributed by atoms with Crippen LogP contribution in [-0.4, -0.2) is 4.98 Å². The quantitative estimate of drug-likeness (QED) is 0.184. The van der Waals surface area contributed by atoms with Crippen molar-refractivity contribution in [1.82, 2.24) is 4.98 Å². The van der Waals surface area contributed by atoms with Gasteiger partial charge in [-0.15, -0.1) is 0 Å². The lowest BCUT2D eigenvalue weighted by Crippen LogP contribution is -1.92. The number of hydrogen-bond acceptors (Lipinski definition) is 1. The second-order valence-corrected chi connectivity index (χ2v) is 12.4. The minimum Gasteiger partial charge on any atom is -0.264 e. The first-order valence-corrected chi connectivity index (χ1v) is 16.2. The van der Waals surface area contributed by atoms with E-state index >= 15 is 0 Å². The summed E-state index contributed by atoms with van der Waals surface area (Å²) in [6.45, 7) is 2.26. The van der Waals surface area contributed by atoms with Crippen LogP contribution in [0, 0.1) is 6.92 Å². The monoisotopic (exact) mass is 597 g/mol. The third kappa shape index (κ3) is 4.51. The van der Waals surface area contributed by atoms with E-state index in [1.54, 1.807) is 0 Å². The molecule has 0 aliphatic heterocycles. The predicted octanol–water partition coefficient (Wildman–Crippen LogP) is 12.7. The number of fused-ring (bicyclic) bond motifs is 5. The van der Waals surface area contributed by atoms with Crippen molar-refractivity contribution in [3.05, 3.63) is 176 Å². The zero-order valence-electron chi connectivity index (χ0n) is 26.1. The maximum atomic E-state index is 4.36. The third-order valence-corrected chi connectivity index (χ3v) is 9.76. The van der Waals surface area contributed by atoms with E-state index in [-0.39, 0.29) is 0 Å². The van der Waals surface area contributed by atoms with Gasteiger partial charge in [-0.25, -0.2) is 0 Å². The molecule has 47 heavy (non-hydrogen) atoms. The Bertz CT molecular complexity index is 2630. The van der Waals surface area contributed by atoms with Gasteiger partial charge in [-0.1, -0.05) is 140 Å². The highest BCUT2D eigenvalue weighted by atomic mass is 14.6. The molecule has 0 radical (unpaired) electrons. The summed E-state index contributed by atoms with van der Waals surface area (Å²) in [7, 11) is 0. The molecule has 0 saturated heterocycles. The highest BCUT2D eigenvalue weighted by molar-refractivity contribution is 6.17. The Morgan fingerprint density at radius 1 is 0.362 bits per heavy atom. The molecule has 8 aromatic carbocycles. The van der Waals surface area contributed by atoms with E-state index in [2.05, 4.69) is 170 Å². The molecule has 220 valence electrons. The van der Waals surface area contributed by atoms with Crippen LogP contribution in [0.5, 0.6) is 0 Å². The predicted molar refractivity (Wildman–Crippen MR) is 201 cm³/mol. The first kappa shape index (κ1) is 27.3. The smallest absolute Gasteiger partial charge is 0.0346 e. The Labute approximate surface area is 274 Å². The minimum atomic E-state index is 1.15. The molecule has 1 nitrogen and oxygen atoms in total. The summed E-state index contributed by atoms with van der Waals surface area (Å²) in [5.41, 5.74) is 11.2. The van der Waals surface area contributed by atoms with Crippen LogP contribution in [0.3, 0.4) is 0 Å². The van der Waals surface area contributed by atoms with Gasteiger partial charge in [-0.2, -0.15) is 0 Å². The van der Waals surface area contributed by atoms with Gasteiger partial charge < -0.3 is 0 Å². The molecule has 0 spiro atoms. The first-order chi connectivity index (χ1) is 23.2. The average Bonchev–Trinajstić information content (AvgIpc) is 3.14. The SMILES string of the molecule is Cc1c(-c2ccccc2)cc(-c2cccc(-c3ccc(-c4cccc5cnccc45)c4ccccc34)c2)c2c1ccc1ccccc12. The number of hydrogen-bond donors (Lipinski definition) is 0. The van der Waals surface area contributed by atoms with Crippen molar-refractivity contribution in [2.45, 2.75) is 6.92 Å². The molecular weight excluding hydrogens is 567 g/mol. The Kier molecular flexibility index (Phi) is 6.43. The standard InChI is InChI=1S/C46H31N/c1-30-36-22-21-32-13-5-6-17-39(32)46(36)45(28-44(30)31-11-3-2-4-12-31)34-15-9-14-33(27-34)37-23-24-43(42-19-8-7-18-40(37)42)41-20-10-16-35-29-47-26-25-38(35)41/h2-29H,1H3. The molecule has 1 aromatic heterocycles. The van der Waals surface area contributed by atoms with Crippen molar-refractivity contribution in [2.24, 2.45) is 0 Å². The summed E-state index contributed by atoms with van der Waals surface area (Å²) < 4.78 is 0. The number of aromatic nitrogens is 1. The fourth-order valence-electron chi connectivity index (χ4n) is 7.49. The van der Waals surface area contributed by atoms with E-state index < -0.39 is 0 Å². The fraction of sp³-hybridized carbons (Fsp3) is 0.0217. The Morgan fingerprint density at radius 3 is 1.85 bits per heavy atom. The number of pyridine rings is 1. The summed E-state index contributed by atoms with van der Waals surface area (Å²) >= 11 is 0. The van der Waals surface area contributed by atoms with Crippen LogP contribution < -0.4 is 0 Å². The van der Waals surface area contributed by atoms with Gasteiger partial charge in [0.15, 0.2) is 0 Å². The van der Waals surface area contributed by atoms with Gasteiger partial charge in [0.2, 0.25) is 0 Å². The van der Waals surface area contributed by atoms with Crippen LogP contribution in [0.1, 0.15) is 5.56 Å². The molecule has 0 aliphatic carbocycles. The van der Waals surface area contributed by atoms with Gasteiger partial charge in [0.25, 0.3) is 0 Å². The molecule has 0 bridgehead atoms. The van der Waals surface area contributed by atoms with Gasteiger partial charge in [-0.3, -0.25) is 4.98 Å². The van der Waals surface area contributed by atoms with Crippen LogP contribution in [0.25, 0.3) is 87.6 Å². The molecule has 0 fully saturated rings. The van der Waals surface area contributed by atoms with E-state index in [4.69, 9.17) is 0 Å². The highest BCUT2D eigenvalue weighted by Crippen LogP contribution is 2.43. The van der Waals surface area contributed by atoms with Crippen LogP contribution >= 0.6 is 0 Å². The maximum Gasteiger partial charge on any atom is 0.0346 e. The van der Waals surface area contributed by atoms with Crippen molar-refractivity contribution in [3.8, 4) is 44.5 Å². The Hall–Kier alpha value is -6.05. The molecule has 0 amide bonds. The van der Waals surface area contributed by atoms with E-state index in [0.717, 1.165) is 5.39 Å². The molecule has 9 aromatic rings. The molecule has 1 heterocycles. The topological polar surface area (TPSA) is 12.9 Å². The van der Waals surface area contributed by atoms with Gasteiger partial charge in [-0.05, 0) is 113 Å². The number of nitrogens with zero attached hydrogens (tertiary/aromatic N) is 1. The zero-order valence-corrected chi connectivity index (χ0v) is 26.1. The lowest BCUT2D eigenvalue weighted by Gasteiger charge is -2.18. The number of benzene rings is 8. The minimum absolute atomic E-state index is 1.15. The molecule has 0 saturated carbocycles. The molecule has 0 unspecified atom stereocenters. The zero-order chi connectivity index (χ0) is 31.3. The normalized spacial score (nSPS) is 11.5. The Morgan fingerprint density at radius 2 is 1.00 bits per heavy atom. The Balaban J connectivity index is 1.28. The number of rotatable bonds is 4. The maximum absolute atomic E-state index is 4.36. The summed E-state index contributed by atoms with van der Waals surface area (Å²) in [5.74, 6) is 0. The van der Waals surface area contributed by atoms with Crippen LogP contribution in [-0.2, 0) is 0 Å². The van der Waals surface area contributed by atoms with Gasteiger partial charge in [0.05, 0.1) is 0 Å².